The second kappa shape index (κ2) is 6.15. The minimum Gasteiger partial charge on any atom is -0.387 e. The normalized spacial score (nSPS) is 26.0. The molecule has 1 aromatic carbocycles. The Labute approximate surface area is 103 Å². The highest BCUT2D eigenvalue weighted by Gasteiger charge is 2.21. The van der Waals surface area contributed by atoms with Crippen molar-refractivity contribution in [3.8, 4) is 0 Å². The molecule has 0 spiro atoms. The predicted molar refractivity (Wildman–Crippen MR) is 67.8 cm³/mol. The van der Waals surface area contributed by atoms with Crippen LogP contribution >= 0.6 is 0 Å². The Hall–Kier alpha value is -0.900. The number of benzene rings is 1. The SMILES string of the molecule is CC1CCC(CNCC(O)c2ccccc2)O1. The van der Waals surface area contributed by atoms with Gasteiger partial charge in [-0.05, 0) is 25.3 Å². The molecule has 1 saturated heterocycles. The second-order valence-corrected chi connectivity index (χ2v) is 4.73. The fraction of sp³-hybridized carbons (Fsp3) is 0.571. The molecule has 17 heavy (non-hydrogen) atoms. The highest BCUT2D eigenvalue weighted by atomic mass is 16.5. The molecule has 1 heterocycles. The molecule has 2 rings (SSSR count). The number of hydrogen-bond donors (Lipinski definition) is 2. The number of hydrogen-bond acceptors (Lipinski definition) is 3. The maximum absolute atomic E-state index is 9.94. The lowest BCUT2D eigenvalue weighted by molar-refractivity contribution is 0.0536. The predicted octanol–water partition coefficient (Wildman–Crippen LogP) is 1.88. The van der Waals surface area contributed by atoms with Crippen LogP contribution in [0.4, 0.5) is 0 Å². The highest BCUT2D eigenvalue weighted by Crippen LogP contribution is 2.18. The summed E-state index contributed by atoms with van der Waals surface area (Å²) in [6.07, 6.45) is 2.53. The zero-order valence-corrected chi connectivity index (χ0v) is 10.3. The highest BCUT2D eigenvalue weighted by molar-refractivity contribution is 5.17. The van der Waals surface area contributed by atoms with Crippen molar-refractivity contribution in [2.24, 2.45) is 0 Å². The van der Waals surface area contributed by atoms with Crippen molar-refractivity contribution in [2.75, 3.05) is 13.1 Å². The van der Waals surface area contributed by atoms with Gasteiger partial charge in [0.1, 0.15) is 0 Å². The number of nitrogens with one attached hydrogen (secondary N) is 1. The number of aliphatic hydroxyl groups excluding tert-OH is 1. The van der Waals surface area contributed by atoms with Gasteiger partial charge in [-0.1, -0.05) is 30.3 Å². The molecule has 2 N–H and O–H groups in total. The van der Waals surface area contributed by atoms with E-state index in [1.54, 1.807) is 0 Å². The zero-order valence-electron chi connectivity index (χ0n) is 10.3. The van der Waals surface area contributed by atoms with E-state index in [0.717, 1.165) is 24.9 Å². The molecule has 0 aliphatic carbocycles. The van der Waals surface area contributed by atoms with Gasteiger partial charge in [0.15, 0.2) is 0 Å². The molecule has 0 saturated carbocycles. The first-order valence-electron chi connectivity index (χ1n) is 6.35. The van der Waals surface area contributed by atoms with E-state index in [9.17, 15) is 5.11 Å². The molecule has 3 heteroatoms. The first kappa shape index (κ1) is 12.6. The molecule has 1 aliphatic rings. The minimum atomic E-state index is -0.435. The molecule has 3 nitrogen and oxygen atoms in total. The van der Waals surface area contributed by atoms with Gasteiger partial charge in [-0.25, -0.2) is 0 Å². The van der Waals surface area contributed by atoms with Crippen LogP contribution in [0.3, 0.4) is 0 Å². The van der Waals surface area contributed by atoms with Crippen LogP contribution in [0.15, 0.2) is 30.3 Å². The van der Waals surface area contributed by atoms with E-state index in [-0.39, 0.29) is 0 Å². The van der Waals surface area contributed by atoms with Crippen LogP contribution in [-0.4, -0.2) is 30.4 Å². The summed E-state index contributed by atoms with van der Waals surface area (Å²) in [5, 5.41) is 13.2. The van der Waals surface area contributed by atoms with Crippen LogP contribution in [0.1, 0.15) is 31.4 Å². The van der Waals surface area contributed by atoms with Crippen LogP contribution in [-0.2, 0) is 4.74 Å². The Kier molecular flexibility index (Phi) is 4.54. The van der Waals surface area contributed by atoms with Crippen LogP contribution in [0.25, 0.3) is 0 Å². The Morgan fingerprint density at radius 3 is 2.76 bits per heavy atom. The maximum Gasteiger partial charge on any atom is 0.0914 e. The van der Waals surface area contributed by atoms with Gasteiger partial charge in [-0.15, -0.1) is 0 Å². The van der Waals surface area contributed by atoms with Crippen LogP contribution < -0.4 is 5.32 Å². The lowest BCUT2D eigenvalue weighted by Gasteiger charge is -2.15. The summed E-state index contributed by atoms with van der Waals surface area (Å²) in [7, 11) is 0. The summed E-state index contributed by atoms with van der Waals surface area (Å²) in [4.78, 5) is 0. The molecule has 0 amide bonds. The fourth-order valence-electron chi connectivity index (χ4n) is 2.21. The number of ether oxygens (including phenoxy) is 1. The van der Waals surface area contributed by atoms with Crippen molar-refractivity contribution < 1.29 is 9.84 Å². The lowest BCUT2D eigenvalue weighted by Crippen LogP contribution is -2.30. The second-order valence-electron chi connectivity index (χ2n) is 4.73. The van der Waals surface area contributed by atoms with Crippen molar-refractivity contribution in [1.82, 2.24) is 5.32 Å². The van der Waals surface area contributed by atoms with E-state index >= 15 is 0 Å². The third kappa shape index (κ3) is 3.80. The van der Waals surface area contributed by atoms with Gasteiger partial charge in [-0.2, -0.15) is 0 Å². The van der Waals surface area contributed by atoms with E-state index < -0.39 is 6.10 Å². The molecule has 1 aliphatic heterocycles. The summed E-state index contributed by atoms with van der Waals surface area (Å²) in [5.74, 6) is 0. The monoisotopic (exact) mass is 235 g/mol. The zero-order chi connectivity index (χ0) is 12.1. The summed E-state index contributed by atoms with van der Waals surface area (Å²) < 4.78 is 5.70. The largest absolute Gasteiger partial charge is 0.387 e. The van der Waals surface area contributed by atoms with Crippen molar-refractivity contribution in [2.45, 2.75) is 38.1 Å². The lowest BCUT2D eigenvalue weighted by atomic mass is 10.1. The van der Waals surface area contributed by atoms with Gasteiger partial charge in [-0.3, -0.25) is 0 Å². The molecule has 3 unspecified atom stereocenters. The average molecular weight is 235 g/mol. The maximum atomic E-state index is 9.94. The number of aliphatic hydroxyl groups is 1. The molecule has 1 fully saturated rings. The minimum absolute atomic E-state index is 0.313. The summed E-state index contributed by atoms with van der Waals surface area (Å²) in [6.45, 7) is 3.52. The smallest absolute Gasteiger partial charge is 0.0914 e. The van der Waals surface area contributed by atoms with Crippen molar-refractivity contribution in [1.29, 1.82) is 0 Å². The van der Waals surface area contributed by atoms with Crippen LogP contribution in [0, 0.1) is 0 Å². The van der Waals surface area contributed by atoms with Crippen LogP contribution in [0.5, 0.6) is 0 Å². The van der Waals surface area contributed by atoms with E-state index in [2.05, 4.69) is 12.2 Å². The standard InChI is InChI=1S/C14H21NO2/c1-11-7-8-13(17-11)9-15-10-14(16)12-5-3-2-4-6-12/h2-6,11,13-16H,7-10H2,1H3. The van der Waals surface area contributed by atoms with Crippen molar-refractivity contribution in [3.05, 3.63) is 35.9 Å². The molecule has 3 atom stereocenters. The van der Waals surface area contributed by atoms with Gasteiger partial charge < -0.3 is 15.2 Å². The van der Waals surface area contributed by atoms with Gasteiger partial charge in [0.2, 0.25) is 0 Å². The Balaban J connectivity index is 1.68. The van der Waals surface area contributed by atoms with Crippen LogP contribution in [0.2, 0.25) is 0 Å². The molecule has 0 aromatic heterocycles. The third-order valence-corrected chi connectivity index (χ3v) is 3.21. The third-order valence-electron chi connectivity index (χ3n) is 3.21. The fourth-order valence-corrected chi connectivity index (χ4v) is 2.21. The topological polar surface area (TPSA) is 41.5 Å². The Morgan fingerprint density at radius 1 is 1.35 bits per heavy atom. The molecular weight excluding hydrogens is 214 g/mol. The molecule has 0 bridgehead atoms. The van der Waals surface area contributed by atoms with E-state index in [1.165, 1.54) is 0 Å². The quantitative estimate of drug-likeness (QED) is 0.818. The first-order chi connectivity index (χ1) is 8.25. The summed E-state index contributed by atoms with van der Waals surface area (Å²) >= 11 is 0. The average Bonchev–Trinajstić information content (AvgIpc) is 2.76. The van der Waals surface area contributed by atoms with Gasteiger partial charge in [0, 0.05) is 13.1 Å². The van der Waals surface area contributed by atoms with E-state index in [0.29, 0.717) is 18.8 Å². The van der Waals surface area contributed by atoms with Gasteiger partial charge in [0.05, 0.1) is 18.3 Å². The molecule has 1 aromatic rings. The number of rotatable bonds is 5. The van der Waals surface area contributed by atoms with Crippen molar-refractivity contribution >= 4 is 0 Å². The summed E-state index contributed by atoms with van der Waals surface area (Å²) in [6, 6.07) is 9.74. The van der Waals surface area contributed by atoms with E-state index in [1.807, 2.05) is 30.3 Å². The summed E-state index contributed by atoms with van der Waals surface area (Å²) in [5.41, 5.74) is 0.959. The van der Waals surface area contributed by atoms with Gasteiger partial charge >= 0.3 is 0 Å². The Bertz CT molecular complexity index is 328. The van der Waals surface area contributed by atoms with E-state index in [4.69, 9.17) is 4.74 Å². The molecule has 94 valence electrons. The molecular formula is C14H21NO2. The van der Waals surface area contributed by atoms with Crippen molar-refractivity contribution in [3.63, 3.8) is 0 Å². The molecule has 0 radical (unpaired) electrons. The van der Waals surface area contributed by atoms with Gasteiger partial charge in [0.25, 0.3) is 0 Å². The first-order valence-corrected chi connectivity index (χ1v) is 6.35. The Morgan fingerprint density at radius 2 is 2.12 bits per heavy atom.